The lowest BCUT2D eigenvalue weighted by Crippen LogP contribution is -2.22. The number of benzene rings is 2. The molecule has 0 atom stereocenters. The summed E-state index contributed by atoms with van der Waals surface area (Å²) in [7, 11) is 0. The van der Waals surface area contributed by atoms with Gasteiger partial charge in [0.05, 0.1) is 12.2 Å². The molecule has 2 aromatic carbocycles. The van der Waals surface area contributed by atoms with Gasteiger partial charge in [0.25, 0.3) is 5.91 Å². The molecule has 0 spiro atoms. The van der Waals surface area contributed by atoms with Crippen molar-refractivity contribution < 1.29 is 4.79 Å². The minimum absolute atomic E-state index is 0.216. The highest BCUT2D eigenvalue weighted by Gasteiger charge is 2.09. The summed E-state index contributed by atoms with van der Waals surface area (Å²) in [6, 6.07) is 13.0. The van der Waals surface area contributed by atoms with Crippen molar-refractivity contribution in [3.05, 3.63) is 87.7 Å². The van der Waals surface area contributed by atoms with E-state index in [1.807, 2.05) is 32.0 Å². The minimum atomic E-state index is -0.216. The first-order chi connectivity index (χ1) is 12.8. The summed E-state index contributed by atoms with van der Waals surface area (Å²) < 4.78 is 1.01. The highest BCUT2D eigenvalue weighted by Crippen LogP contribution is 2.19. The largest absolute Gasteiger partial charge is 0.399 e. The van der Waals surface area contributed by atoms with E-state index in [-0.39, 0.29) is 5.91 Å². The SMILES string of the molecule is C=NN(Cc1cc(Br)ccc1C)/C(C)=C\NC(=O)c1ccc(C(=C)N)cc1. The van der Waals surface area contributed by atoms with Crippen LogP contribution in [0.2, 0.25) is 0 Å². The van der Waals surface area contributed by atoms with E-state index in [0.29, 0.717) is 17.8 Å². The van der Waals surface area contributed by atoms with Crippen molar-refractivity contribution in [3.63, 3.8) is 0 Å². The van der Waals surface area contributed by atoms with Crippen LogP contribution < -0.4 is 11.1 Å². The van der Waals surface area contributed by atoms with Crippen molar-refractivity contribution in [2.45, 2.75) is 20.4 Å². The molecule has 0 saturated heterocycles. The average Bonchev–Trinajstić information content (AvgIpc) is 2.66. The zero-order valence-electron chi connectivity index (χ0n) is 15.5. The van der Waals surface area contributed by atoms with E-state index in [9.17, 15) is 4.79 Å². The Balaban J connectivity index is 2.07. The van der Waals surface area contributed by atoms with Gasteiger partial charge in [-0.2, -0.15) is 5.10 Å². The molecule has 1 amide bonds. The van der Waals surface area contributed by atoms with Crippen LogP contribution >= 0.6 is 15.9 Å². The fourth-order valence-electron chi connectivity index (χ4n) is 2.42. The molecule has 0 unspecified atom stereocenters. The maximum Gasteiger partial charge on any atom is 0.255 e. The van der Waals surface area contributed by atoms with Gasteiger partial charge in [-0.05, 0) is 54.8 Å². The Morgan fingerprint density at radius 2 is 1.89 bits per heavy atom. The molecule has 6 heteroatoms. The molecular formula is C21H23BrN4O. The molecule has 0 aliphatic heterocycles. The van der Waals surface area contributed by atoms with E-state index in [1.54, 1.807) is 35.5 Å². The van der Waals surface area contributed by atoms with Crippen molar-refractivity contribution in [3.8, 4) is 0 Å². The monoisotopic (exact) mass is 426 g/mol. The molecule has 0 heterocycles. The van der Waals surface area contributed by atoms with Gasteiger partial charge in [-0.1, -0.05) is 40.7 Å². The molecule has 0 aliphatic carbocycles. The van der Waals surface area contributed by atoms with Gasteiger partial charge in [0.15, 0.2) is 0 Å². The van der Waals surface area contributed by atoms with Gasteiger partial charge < -0.3 is 11.1 Å². The molecule has 0 aliphatic rings. The highest BCUT2D eigenvalue weighted by atomic mass is 79.9. The molecule has 0 radical (unpaired) electrons. The number of hydrogen-bond acceptors (Lipinski definition) is 4. The first-order valence-electron chi connectivity index (χ1n) is 8.33. The molecule has 0 saturated carbocycles. The third-order valence-corrected chi connectivity index (χ3v) is 4.63. The quantitative estimate of drug-likeness (QED) is 0.509. The molecule has 3 N–H and O–H groups in total. The van der Waals surface area contributed by atoms with E-state index in [1.165, 1.54) is 0 Å². The number of nitrogens with one attached hydrogen (secondary N) is 1. The molecule has 0 bridgehead atoms. The molecular weight excluding hydrogens is 404 g/mol. The standard InChI is InChI=1S/C21H23BrN4O/c1-14-5-10-20(22)11-19(14)13-26(24-4)15(2)12-25-21(27)18-8-6-17(7-9-18)16(3)23/h5-12H,3-4,13,23H2,1-2H3,(H,25,27)/b15-12-. The number of rotatable bonds is 7. The van der Waals surface area contributed by atoms with Crippen LogP contribution in [-0.2, 0) is 6.54 Å². The van der Waals surface area contributed by atoms with Gasteiger partial charge in [-0.15, -0.1) is 0 Å². The minimum Gasteiger partial charge on any atom is -0.399 e. The summed E-state index contributed by atoms with van der Waals surface area (Å²) in [5, 5.41) is 8.57. The molecule has 0 fully saturated rings. The van der Waals surface area contributed by atoms with Crippen LogP contribution in [0.4, 0.5) is 0 Å². The number of carbonyl (C=O) groups excluding carboxylic acids is 1. The third-order valence-electron chi connectivity index (χ3n) is 4.14. The van der Waals surface area contributed by atoms with Crippen molar-refractivity contribution in [2.75, 3.05) is 0 Å². The third kappa shape index (κ3) is 5.56. The lowest BCUT2D eigenvalue weighted by molar-refractivity contribution is 0.0969. The summed E-state index contributed by atoms with van der Waals surface area (Å²) >= 11 is 3.49. The zero-order chi connectivity index (χ0) is 20.0. The lowest BCUT2D eigenvalue weighted by Gasteiger charge is -2.20. The summed E-state index contributed by atoms with van der Waals surface area (Å²) in [4.78, 5) is 12.3. The Morgan fingerprint density at radius 3 is 2.48 bits per heavy atom. The van der Waals surface area contributed by atoms with Crippen LogP contribution in [0.5, 0.6) is 0 Å². The second kappa shape index (κ2) is 9.19. The van der Waals surface area contributed by atoms with Gasteiger partial charge in [0.2, 0.25) is 0 Å². The number of aryl methyl sites for hydroxylation is 1. The maximum atomic E-state index is 12.3. The number of nitrogens with zero attached hydrogens (tertiary/aromatic N) is 2. The smallest absolute Gasteiger partial charge is 0.255 e. The van der Waals surface area contributed by atoms with Crippen LogP contribution in [0.15, 0.2) is 70.5 Å². The number of nitrogens with two attached hydrogens (primary N) is 1. The molecule has 27 heavy (non-hydrogen) atoms. The average molecular weight is 427 g/mol. The van der Waals surface area contributed by atoms with Crippen molar-refractivity contribution in [2.24, 2.45) is 10.8 Å². The number of allylic oxidation sites excluding steroid dienone is 1. The first-order valence-corrected chi connectivity index (χ1v) is 9.12. The Bertz CT molecular complexity index is 888. The second-order valence-corrected chi connectivity index (χ2v) is 7.05. The fraction of sp³-hybridized carbons (Fsp3) is 0.143. The van der Waals surface area contributed by atoms with Crippen LogP contribution in [-0.4, -0.2) is 17.6 Å². The van der Waals surface area contributed by atoms with Crippen LogP contribution in [0.3, 0.4) is 0 Å². The molecule has 0 aromatic heterocycles. The summed E-state index contributed by atoms with van der Waals surface area (Å²) in [5.41, 5.74) is 10.5. The first kappa shape index (κ1) is 20.5. The summed E-state index contributed by atoms with van der Waals surface area (Å²) in [5.74, 6) is -0.216. The fourth-order valence-corrected chi connectivity index (χ4v) is 2.83. The molecule has 140 valence electrons. The van der Waals surface area contributed by atoms with Gasteiger partial charge in [0.1, 0.15) is 0 Å². The number of hydrogen-bond donors (Lipinski definition) is 2. The predicted molar refractivity (Wildman–Crippen MR) is 115 cm³/mol. The van der Waals surface area contributed by atoms with Crippen LogP contribution in [0, 0.1) is 6.92 Å². The van der Waals surface area contributed by atoms with Crippen molar-refractivity contribution >= 4 is 34.3 Å². The van der Waals surface area contributed by atoms with E-state index in [2.05, 4.69) is 39.6 Å². The number of hydrazone groups is 1. The van der Waals surface area contributed by atoms with Crippen LogP contribution in [0.1, 0.15) is 34.0 Å². The van der Waals surface area contributed by atoms with Gasteiger partial charge in [-0.3, -0.25) is 9.80 Å². The molecule has 2 aromatic rings. The van der Waals surface area contributed by atoms with Gasteiger partial charge >= 0.3 is 0 Å². The number of amides is 1. The maximum absolute atomic E-state index is 12.3. The molecule has 2 rings (SSSR count). The second-order valence-electron chi connectivity index (χ2n) is 6.13. The van der Waals surface area contributed by atoms with Crippen molar-refractivity contribution in [1.82, 2.24) is 10.3 Å². The Kier molecular flexibility index (Phi) is 6.96. The topological polar surface area (TPSA) is 70.7 Å². The van der Waals surface area contributed by atoms with Crippen molar-refractivity contribution in [1.29, 1.82) is 0 Å². The Labute approximate surface area is 168 Å². The van der Waals surface area contributed by atoms with E-state index in [4.69, 9.17) is 5.73 Å². The number of halogens is 1. The summed E-state index contributed by atoms with van der Waals surface area (Å²) in [6.45, 7) is 11.8. The normalized spacial score (nSPS) is 11.0. The lowest BCUT2D eigenvalue weighted by atomic mass is 10.1. The zero-order valence-corrected chi connectivity index (χ0v) is 17.1. The van der Waals surface area contributed by atoms with Gasteiger partial charge in [0, 0.05) is 28.7 Å². The highest BCUT2D eigenvalue weighted by molar-refractivity contribution is 9.10. The van der Waals surface area contributed by atoms with E-state index >= 15 is 0 Å². The van der Waals surface area contributed by atoms with E-state index in [0.717, 1.165) is 26.9 Å². The predicted octanol–water partition coefficient (Wildman–Crippen LogP) is 4.40. The van der Waals surface area contributed by atoms with Gasteiger partial charge in [-0.25, -0.2) is 0 Å². The summed E-state index contributed by atoms with van der Waals surface area (Å²) in [6.07, 6.45) is 1.63. The van der Waals surface area contributed by atoms with Crippen LogP contribution in [0.25, 0.3) is 5.70 Å². The van der Waals surface area contributed by atoms with E-state index < -0.39 is 0 Å². The Morgan fingerprint density at radius 1 is 1.26 bits per heavy atom. The molecule has 5 nitrogen and oxygen atoms in total. The number of carbonyl (C=O) groups is 1. The Hall–Kier alpha value is -2.86.